The SMILES string of the molecule is CC[C@H](C)NC(=O)[C@H](Cc1ccccc1)N(Cc1cccc(OC)c1)C(=O)Cc1ccc(Cl)c(Cl)c1. The number of rotatable bonds is 11. The lowest BCUT2D eigenvalue weighted by molar-refractivity contribution is -0.141. The number of carbonyl (C=O) groups is 2. The predicted octanol–water partition coefficient (Wildman–Crippen LogP) is 6.10. The van der Waals surface area contributed by atoms with Crippen LogP contribution in [0.4, 0.5) is 0 Å². The molecule has 0 bridgehead atoms. The van der Waals surface area contributed by atoms with E-state index in [9.17, 15) is 9.59 Å². The highest BCUT2D eigenvalue weighted by molar-refractivity contribution is 6.42. The monoisotopic (exact) mass is 526 g/mol. The van der Waals surface area contributed by atoms with E-state index in [-0.39, 0.29) is 30.8 Å². The maximum atomic E-state index is 13.8. The zero-order valence-corrected chi connectivity index (χ0v) is 22.4. The number of nitrogens with zero attached hydrogens (tertiary/aromatic N) is 1. The first-order valence-corrected chi connectivity index (χ1v) is 12.8. The van der Waals surface area contributed by atoms with E-state index in [1.54, 1.807) is 30.2 Å². The van der Waals surface area contributed by atoms with Gasteiger partial charge in [-0.15, -0.1) is 0 Å². The number of carbonyl (C=O) groups excluding carboxylic acids is 2. The summed E-state index contributed by atoms with van der Waals surface area (Å²) in [5.41, 5.74) is 2.57. The van der Waals surface area contributed by atoms with Crippen molar-refractivity contribution in [3.63, 3.8) is 0 Å². The minimum Gasteiger partial charge on any atom is -0.497 e. The Bertz CT molecular complexity index is 1170. The van der Waals surface area contributed by atoms with E-state index in [1.165, 1.54) is 0 Å². The van der Waals surface area contributed by atoms with Crippen LogP contribution >= 0.6 is 23.2 Å². The maximum absolute atomic E-state index is 13.8. The van der Waals surface area contributed by atoms with Crippen LogP contribution in [0.3, 0.4) is 0 Å². The molecule has 0 unspecified atom stereocenters. The third-order valence-corrected chi connectivity index (χ3v) is 6.84. The molecule has 0 radical (unpaired) electrons. The molecule has 0 aromatic heterocycles. The van der Waals surface area contributed by atoms with Gasteiger partial charge in [-0.25, -0.2) is 0 Å². The standard InChI is InChI=1S/C29H32Cl2N2O3/c1-4-20(2)32-29(35)27(17-21-9-6-5-7-10-21)33(19-23-11-8-12-24(15-23)36-3)28(34)18-22-13-14-25(30)26(31)16-22/h5-16,20,27H,4,17-19H2,1-3H3,(H,32,35)/t20-,27-/m0/s1. The van der Waals surface area contributed by atoms with Gasteiger partial charge in [-0.05, 0) is 54.3 Å². The molecule has 0 spiro atoms. The fourth-order valence-electron chi connectivity index (χ4n) is 3.89. The van der Waals surface area contributed by atoms with E-state index in [4.69, 9.17) is 27.9 Å². The van der Waals surface area contributed by atoms with Crippen LogP contribution in [0.5, 0.6) is 5.75 Å². The highest BCUT2D eigenvalue weighted by Gasteiger charge is 2.31. The first-order valence-electron chi connectivity index (χ1n) is 12.0. The largest absolute Gasteiger partial charge is 0.497 e. The van der Waals surface area contributed by atoms with E-state index in [1.807, 2.05) is 68.4 Å². The minimum absolute atomic E-state index is 0.0142. The van der Waals surface area contributed by atoms with Crippen LogP contribution in [0.25, 0.3) is 0 Å². The molecule has 0 saturated heterocycles. The fourth-order valence-corrected chi connectivity index (χ4v) is 4.21. The molecule has 0 saturated carbocycles. The van der Waals surface area contributed by atoms with Crippen molar-refractivity contribution in [1.29, 1.82) is 0 Å². The summed E-state index contributed by atoms with van der Waals surface area (Å²) in [6, 6.07) is 21.7. The van der Waals surface area contributed by atoms with Crippen LogP contribution in [0.15, 0.2) is 72.8 Å². The summed E-state index contributed by atoms with van der Waals surface area (Å²) in [5, 5.41) is 3.89. The number of halogens is 2. The van der Waals surface area contributed by atoms with Gasteiger partial charge >= 0.3 is 0 Å². The van der Waals surface area contributed by atoms with Gasteiger partial charge in [0.25, 0.3) is 0 Å². The second-order valence-electron chi connectivity index (χ2n) is 8.82. The van der Waals surface area contributed by atoms with E-state index >= 15 is 0 Å². The number of amides is 2. The molecule has 5 nitrogen and oxygen atoms in total. The summed E-state index contributed by atoms with van der Waals surface area (Å²) >= 11 is 12.3. The Kier molecular flexibility index (Phi) is 10.2. The quantitative estimate of drug-likeness (QED) is 0.328. The Morgan fingerprint density at radius 3 is 2.31 bits per heavy atom. The third-order valence-electron chi connectivity index (χ3n) is 6.10. The second-order valence-corrected chi connectivity index (χ2v) is 9.64. The smallest absolute Gasteiger partial charge is 0.243 e. The first-order chi connectivity index (χ1) is 17.3. The molecule has 7 heteroatoms. The van der Waals surface area contributed by atoms with Crippen molar-refractivity contribution in [3.8, 4) is 5.75 Å². The van der Waals surface area contributed by atoms with Crippen molar-refractivity contribution in [1.82, 2.24) is 10.2 Å². The lowest BCUT2D eigenvalue weighted by Gasteiger charge is -2.32. The zero-order chi connectivity index (χ0) is 26.1. The molecular weight excluding hydrogens is 495 g/mol. The molecule has 2 amide bonds. The van der Waals surface area contributed by atoms with Crippen LogP contribution in [0.2, 0.25) is 10.0 Å². The van der Waals surface area contributed by atoms with Crippen molar-refractivity contribution in [2.45, 2.75) is 51.7 Å². The topological polar surface area (TPSA) is 58.6 Å². The molecule has 3 rings (SSSR count). The molecule has 0 fully saturated rings. The highest BCUT2D eigenvalue weighted by atomic mass is 35.5. The van der Waals surface area contributed by atoms with E-state index in [0.717, 1.165) is 23.1 Å². The van der Waals surface area contributed by atoms with Crippen LogP contribution in [0.1, 0.15) is 37.0 Å². The van der Waals surface area contributed by atoms with Crippen molar-refractivity contribution in [2.75, 3.05) is 7.11 Å². The van der Waals surface area contributed by atoms with Gasteiger partial charge in [-0.2, -0.15) is 0 Å². The Morgan fingerprint density at radius 1 is 0.917 bits per heavy atom. The fraction of sp³-hybridized carbons (Fsp3) is 0.310. The number of ether oxygens (including phenoxy) is 1. The average Bonchev–Trinajstić information content (AvgIpc) is 2.88. The third kappa shape index (κ3) is 7.74. The number of nitrogens with one attached hydrogen (secondary N) is 1. The van der Waals surface area contributed by atoms with Gasteiger partial charge in [-0.1, -0.05) is 78.7 Å². The van der Waals surface area contributed by atoms with Gasteiger partial charge in [-0.3, -0.25) is 9.59 Å². The van der Waals surface area contributed by atoms with Gasteiger partial charge in [0.2, 0.25) is 11.8 Å². The molecule has 0 heterocycles. The second kappa shape index (κ2) is 13.3. The lowest BCUT2D eigenvalue weighted by atomic mass is 10.0. The Balaban J connectivity index is 1.99. The Labute approximate surface area is 223 Å². The number of hydrogen-bond donors (Lipinski definition) is 1. The molecule has 0 aliphatic rings. The van der Waals surface area contributed by atoms with Crippen LogP contribution in [-0.4, -0.2) is 35.9 Å². The van der Waals surface area contributed by atoms with Gasteiger partial charge < -0.3 is 15.0 Å². The highest BCUT2D eigenvalue weighted by Crippen LogP contribution is 2.24. The molecule has 3 aromatic rings. The van der Waals surface area contributed by atoms with Crippen LogP contribution in [-0.2, 0) is 29.0 Å². The number of methoxy groups -OCH3 is 1. The summed E-state index contributed by atoms with van der Waals surface area (Å²) in [4.78, 5) is 29.0. The molecule has 2 atom stereocenters. The molecule has 190 valence electrons. The Morgan fingerprint density at radius 2 is 1.64 bits per heavy atom. The number of hydrogen-bond acceptors (Lipinski definition) is 3. The van der Waals surface area contributed by atoms with Crippen LogP contribution < -0.4 is 10.1 Å². The van der Waals surface area contributed by atoms with E-state index < -0.39 is 6.04 Å². The summed E-state index contributed by atoms with van der Waals surface area (Å²) in [6.07, 6.45) is 1.26. The van der Waals surface area contributed by atoms with Crippen LogP contribution in [0, 0.1) is 0 Å². The minimum atomic E-state index is -0.706. The molecule has 36 heavy (non-hydrogen) atoms. The molecule has 0 aliphatic heterocycles. The van der Waals surface area contributed by atoms with Crippen molar-refractivity contribution in [2.24, 2.45) is 0 Å². The number of benzene rings is 3. The maximum Gasteiger partial charge on any atom is 0.243 e. The normalized spacial score (nSPS) is 12.5. The zero-order valence-electron chi connectivity index (χ0n) is 20.8. The van der Waals surface area contributed by atoms with Crippen molar-refractivity contribution >= 4 is 35.0 Å². The summed E-state index contributed by atoms with van der Waals surface area (Å²) in [5.74, 6) is 0.322. The lowest BCUT2D eigenvalue weighted by Crippen LogP contribution is -2.52. The van der Waals surface area contributed by atoms with E-state index in [0.29, 0.717) is 22.2 Å². The molecular formula is C29H32Cl2N2O3. The van der Waals surface area contributed by atoms with Gasteiger partial charge in [0.05, 0.1) is 23.6 Å². The van der Waals surface area contributed by atoms with Gasteiger partial charge in [0, 0.05) is 19.0 Å². The summed E-state index contributed by atoms with van der Waals surface area (Å²) in [6.45, 7) is 4.23. The summed E-state index contributed by atoms with van der Waals surface area (Å²) < 4.78 is 5.38. The average molecular weight is 527 g/mol. The van der Waals surface area contributed by atoms with Crippen molar-refractivity contribution < 1.29 is 14.3 Å². The predicted molar refractivity (Wildman–Crippen MR) is 146 cm³/mol. The first kappa shape index (κ1) is 27.6. The molecule has 1 N–H and O–H groups in total. The summed E-state index contributed by atoms with van der Waals surface area (Å²) in [7, 11) is 1.60. The van der Waals surface area contributed by atoms with Gasteiger partial charge in [0.15, 0.2) is 0 Å². The Hall–Kier alpha value is -3.02. The van der Waals surface area contributed by atoms with E-state index in [2.05, 4.69) is 5.32 Å². The van der Waals surface area contributed by atoms with Gasteiger partial charge in [0.1, 0.15) is 11.8 Å². The van der Waals surface area contributed by atoms with Crippen molar-refractivity contribution in [3.05, 3.63) is 99.5 Å². The molecule has 0 aliphatic carbocycles. The molecule has 3 aromatic carbocycles.